The van der Waals surface area contributed by atoms with Gasteiger partial charge in [-0.05, 0) is 25.3 Å². The van der Waals surface area contributed by atoms with Gasteiger partial charge in [0.1, 0.15) is 6.04 Å². The zero-order chi connectivity index (χ0) is 13.5. The second-order valence-corrected chi connectivity index (χ2v) is 4.46. The molecule has 0 N–H and O–H groups in total. The zero-order valence-electron chi connectivity index (χ0n) is 11.9. The fourth-order valence-corrected chi connectivity index (χ4v) is 2.07. The van der Waals surface area contributed by atoms with Crippen molar-refractivity contribution in [2.24, 2.45) is 0 Å². The summed E-state index contributed by atoms with van der Waals surface area (Å²) in [5.74, 6) is -0.191. The smallest absolute Gasteiger partial charge is 0.330 e. The van der Waals surface area contributed by atoms with Crippen molar-refractivity contribution < 1.29 is 9.53 Å². The molecule has 0 saturated heterocycles. The molecule has 18 heavy (non-hydrogen) atoms. The maximum atomic E-state index is 11.9. The summed E-state index contributed by atoms with van der Waals surface area (Å²) >= 11 is 0. The van der Waals surface area contributed by atoms with E-state index in [1.165, 1.54) is 7.11 Å². The molecule has 0 spiro atoms. The number of aryl methyl sites for hydroxylation is 2. The molecule has 1 aromatic rings. The average Bonchev–Trinajstić information content (AvgIpc) is 2.82. The molecule has 1 heterocycles. The molecule has 0 aromatic carbocycles. The zero-order valence-corrected chi connectivity index (χ0v) is 11.9. The van der Waals surface area contributed by atoms with Gasteiger partial charge in [0.25, 0.3) is 0 Å². The van der Waals surface area contributed by atoms with Crippen LogP contribution < -0.4 is 0 Å². The molecule has 4 nitrogen and oxygen atoms in total. The second-order valence-electron chi connectivity index (χ2n) is 4.46. The van der Waals surface area contributed by atoms with E-state index >= 15 is 0 Å². The number of carbonyl (C=O) groups is 1. The molecule has 1 rings (SSSR count). The minimum atomic E-state index is -0.273. The predicted octanol–water partition coefficient (Wildman–Crippen LogP) is 2.91. The molecule has 102 valence electrons. The highest BCUT2D eigenvalue weighted by atomic mass is 16.5. The second kappa shape index (κ2) is 7.19. The molecule has 1 aromatic heterocycles. The van der Waals surface area contributed by atoms with Gasteiger partial charge >= 0.3 is 5.97 Å². The third-order valence-electron chi connectivity index (χ3n) is 3.19. The molecule has 0 aliphatic heterocycles. The quantitative estimate of drug-likeness (QED) is 0.701. The van der Waals surface area contributed by atoms with Gasteiger partial charge in [-0.1, -0.05) is 33.6 Å². The first kappa shape index (κ1) is 14.7. The van der Waals surface area contributed by atoms with Crippen LogP contribution in [0.3, 0.4) is 0 Å². The molecule has 1 atom stereocenters. The van der Waals surface area contributed by atoms with Gasteiger partial charge in [-0.25, -0.2) is 4.79 Å². The van der Waals surface area contributed by atoms with Crippen molar-refractivity contribution in [1.29, 1.82) is 0 Å². The van der Waals surface area contributed by atoms with Gasteiger partial charge < -0.3 is 4.74 Å². The van der Waals surface area contributed by atoms with Crippen LogP contribution in [-0.2, 0) is 22.4 Å². The fourth-order valence-electron chi connectivity index (χ4n) is 2.07. The van der Waals surface area contributed by atoms with Gasteiger partial charge in [-0.2, -0.15) is 5.10 Å². The van der Waals surface area contributed by atoms with Crippen LogP contribution in [-0.4, -0.2) is 22.9 Å². The molecule has 0 radical (unpaired) electrons. The predicted molar refractivity (Wildman–Crippen MR) is 71.6 cm³/mol. The number of carbonyl (C=O) groups excluding carboxylic acids is 1. The minimum Gasteiger partial charge on any atom is -0.467 e. The largest absolute Gasteiger partial charge is 0.467 e. The Bertz CT molecular complexity index is 385. The van der Waals surface area contributed by atoms with Gasteiger partial charge in [0.15, 0.2) is 0 Å². The molecule has 0 aliphatic carbocycles. The van der Waals surface area contributed by atoms with E-state index in [1.54, 1.807) is 0 Å². The van der Waals surface area contributed by atoms with E-state index < -0.39 is 0 Å². The SMILES string of the molecule is CCCCC(C(=O)OC)n1nc(CC)cc1CC. The topological polar surface area (TPSA) is 44.1 Å². The number of aromatic nitrogens is 2. The number of unbranched alkanes of at least 4 members (excludes halogenated alkanes) is 1. The lowest BCUT2D eigenvalue weighted by atomic mass is 10.1. The van der Waals surface area contributed by atoms with Crippen LogP contribution in [0.2, 0.25) is 0 Å². The normalized spacial score (nSPS) is 12.4. The lowest BCUT2D eigenvalue weighted by Gasteiger charge is -2.17. The number of methoxy groups -OCH3 is 1. The Kier molecular flexibility index (Phi) is 5.89. The molecular formula is C14H24N2O2. The molecule has 0 amide bonds. The summed E-state index contributed by atoms with van der Waals surface area (Å²) in [6, 6.07) is 1.81. The highest BCUT2D eigenvalue weighted by Gasteiger charge is 2.23. The third-order valence-corrected chi connectivity index (χ3v) is 3.19. The summed E-state index contributed by atoms with van der Waals surface area (Å²) in [6.45, 7) is 6.28. The molecular weight excluding hydrogens is 228 g/mol. The summed E-state index contributed by atoms with van der Waals surface area (Å²) in [4.78, 5) is 11.9. The van der Waals surface area contributed by atoms with Gasteiger partial charge in [0.05, 0.1) is 12.8 Å². The maximum absolute atomic E-state index is 11.9. The Hall–Kier alpha value is -1.32. The Balaban J connectivity index is 3.02. The van der Waals surface area contributed by atoms with E-state index in [0.717, 1.165) is 43.5 Å². The lowest BCUT2D eigenvalue weighted by molar-refractivity contribution is -0.145. The Labute approximate surface area is 109 Å². The minimum absolute atomic E-state index is 0.191. The fraction of sp³-hybridized carbons (Fsp3) is 0.714. The number of ether oxygens (including phenoxy) is 1. The highest BCUT2D eigenvalue weighted by Crippen LogP contribution is 2.20. The summed E-state index contributed by atoms with van der Waals surface area (Å²) in [7, 11) is 1.44. The van der Waals surface area contributed by atoms with Gasteiger partial charge in [-0.15, -0.1) is 0 Å². The lowest BCUT2D eigenvalue weighted by Crippen LogP contribution is -2.23. The van der Waals surface area contributed by atoms with Crippen LogP contribution in [0.4, 0.5) is 0 Å². The van der Waals surface area contributed by atoms with Crippen LogP contribution >= 0.6 is 0 Å². The summed E-state index contributed by atoms with van der Waals surface area (Å²) < 4.78 is 6.77. The summed E-state index contributed by atoms with van der Waals surface area (Å²) in [6.07, 6.45) is 4.64. The Morgan fingerprint density at radius 1 is 1.39 bits per heavy atom. The maximum Gasteiger partial charge on any atom is 0.330 e. The number of hydrogen-bond acceptors (Lipinski definition) is 3. The highest BCUT2D eigenvalue weighted by molar-refractivity contribution is 5.74. The number of nitrogens with zero attached hydrogens (tertiary/aromatic N) is 2. The summed E-state index contributed by atoms with van der Waals surface area (Å²) in [5, 5.41) is 4.54. The monoisotopic (exact) mass is 252 g/mol. The first-order chi connectivity index (χ1) is 8.67. The number of hydrogen-bond donors (Lipinski definition) is 0. The van der Waals surface area contributed by atoms with E-state index in [-0.39, 0.29) is 12.0 Å². The van der Waals surface area contributed by atoms with E-state index in [4.69, 9.17) is 4.74 Å². The van der Waals surface area contributed by atoms with Gasteiger partial charge in [0, 0.05) is 5.69 Å². The number of rotatable bonds is 7. The van der Waals surface area contributed by atoms with Crippen molar-refractivity contribution in [2.75, 3.05) is 7.11 Å². The molecule has 0 bridgehead atoms. The van der Waals surface area contributed by atoms with E-state index in [2.05, 4.69) is 31.9 Å². The van der Waals surface area contributed by atoms with Crippen molar-refractivity contribution in [1.82, 2.24) is 9.78 Å². The van der Waals surface area contributed by atoms with Gasteiger partial charge in [-0.3, -0.25) is 4.68 Å². The molecule has 4 heteroatoms. The van der Waals surface area contributed by atoms with E-state index in [0.29, 0.717) is 0 Å². The average molecular weight is 252 g/mol. The Morgan fingerprint density at radius 2 is 2.11 bits per heavy atom. The van der Waals surface area contributed by atoms with Crippen LogP contribution in [0.1, 0.15) is 57.5 Å². The first-order valence-corrected chi connectivity index (χ1v) is 6.82. The molecule has 0 aliphatic rings. The van der Waals surface area contributed by atoms with Crippen LogP contribution in [0.15, 0.2) is 6.07 Å². The van der Waals surface area contributed by atoms with E-state index in [9.17, 15) is 4.79 Å². The number of esters is 1. The van der Waals surface area contributed by atoms with Crippen LogP contribution in [0.5, 0.6) is 0 Å². The van der Waals surface area contributed by atoms with Crippen molar-refractivity contribution >= 4 is 5.97 Å². The molecule has 0 saturated carbocycles. The van der Waals surface area contributed by atoms with Crippen molar-refractivity contribution in [2.45, 2.75) is 58.9 Å². The van der Waals surface area contributed by atoms with E-state index in [1.807, 2.05) is 4.68 Å². The molecule has 1 unspecified atom stereocenters. The third kappa shape index (κ3) is 3.34. The van der Waals surface area contributed by atoms with Crippen molar-refractivity contribution in [3.63, 3.8) is 0 Å². The standard InChI is InChI=1S/C14H24N2O2/c1-5-8-9-13(14(17)18-4)16-12(7-3)10-11(6-2)15-16/h10,13H,5-9H2,1-4H3. The van der Waals surface area contributed by atoms with Crippen molar-refractivity contribution in [3.8, 4) is 0 Å². The molecule has 0 fully saturated rings. The van der Waals surface area contributed by atoms with Crippen LogP contribution in [0.25, 0.3) is 0 Å². The first-order valence-electron chi connectivity index (χ1n) is 6.82. The van der Waals surface area contributed by atoms with Gasteiger partial charge in [0.2, 0.25) is 0 Å². The Morgan fingerprint density at radius 3 is 2.61 bits per heavy atom. The van der Waals surface area contributed by atoms with Crippen LogP contribution in [0, 0.1) is 0 Å². The van der Waals surface area contributed by atoms with Crippen molar-refractivity contribution in [3.05, 3.63) is 17.5 Å². The summed E-state index contributed by atoms with van der Waals surface area (Å²) in [5.41, 5.74) is 2.15.